The van der Waals surface area contributed by atoms with Crippen LogP contribution >= 0.6 is 0 Å². The fourth-order valence-corrected chi connectivity index (χ4v) is 1.91. The van der Waals surface area contributed by atoms with Crippen molar-refractivity contribution in [1.82, 2.24) is 14.8 Å². The van der Waals surface area contributed by atoms with Gasteiger partial charge in [-0.05, 0) is 24.1 Å². The molecule has 19 heavy (non-hydrogen) atoms. The number of hydrogen-bond donors (Lipinski definition) is 1. The molecule has 0 amide bonds. The monoisotopic (exact) mass is 262 g/mol. The van der Waals surface area contributed by atoms with Crippen molar-refractivity contribution in [1.29, 1.82) is 0 Å². The van der Waals surface area contributed by atoms with Gasteiger partial charge >= 0.3 is 0 Å². The van der Waals surface area contributed by atoms with Crippen LogP contribution in [0, 0.1) is 0 Å². The van der Waals surface area contributed by atoms with Gasteiger partial charge in [0.2, 0.25) is 0 Å². The lowest BCUT2D eigenvalue weighted by Gasteiger charge is -2.10. The van der Waals surface area contributed by atoms with Gasteiger partial charge in [0.05, 0.1) is 20.8 Å². The summed E-state index contributed by atoms with van der Waals surface area (Å²) in [4.78, 5) is 0. The first-order valence-electron chi connectivity index (χ1n) is 6.06. The van der Waals surface area contributed by atoms with Crippen molar-refractivity contribution in [3.63, 3.8) is 0 Å². The molecule has 0 bridgehead atoms. The molecular formula is C13H18N4O2. The van der Waals surface area contributed by atoms with Gasteiger partial charge in [-0.1, -0.05) is 6.07 Å². The number of hydrogen-bond acceptors (Lipinski definition) is 5. The third-order valence-corrected chi connectivity index (χ3v) is 2.97. The molecule has 2 rings (SSSR count). The van der Waals surface area contributed by atoms with Crippen LogP contribution in [-0.2, 0) is 19.5 Å². The third-order valence-electron chi connectivity index (χ3n) is 2.97. The second-order valence-corrected chi connectivity index (χ2v) is 4.08. The highest BCUT2D eigenvalue weighted by Crippen LogP contribution is 2.27. The maximum Gasteiger partial charge on any atom is 0.160 e. The molecule has 2 aromatic rings. The average molecular weight is 262 g/mol. The molecule has 0 saturated heterocycles. The Kier molecular flexibility index (Phi) is 4.35. The van der Waals surface area contributed by atoms with E-state index in [9.17, 15) is 0 Å². The minimum atomic E-state index is 0.395. The van der Waals surface area contributed by atoms with E-state index in [1.807, 2.05) is 22.8 Å². The van der Waals surface area contributed by atoms with Gasteiger partial charge in [0, 0.05) is 6.54 Å². The molecule has 0 aliphatic heterocycles. The van der Waals surface area contributed by atoms with Crippen molar-refractivity contribution in [2.75, 3.05) is 14.2 Å². The molecule has 0 radical (unpaired) electrons. The Morgan fingerprint density at radius 1 is 1.21 bits per heavy atom. The van der Waals surface area contributed by atoms with Crippen molar-refractivity contribution in [2.45, 2.75) is 19.5 Å². The molecule has 0 spiro atoms. The van der Waals surface area contributed by atoms with Crippen molar-refractivity contribution >= 4 is 0 Å². The molecule has 0 aliphatic carbocycles. The normalized spacial score (nSPS) is 10.5. The van der Waals surface area contributed by atoms with E-state index in [4.69, 9.17) is 15.2 Å². The van der Waals surface area contributed by atoms with E-state index in [0.29, 0.717) is 6.54 Å². The molecule has 0 aliphatic rings. The second-order valence-electron chi connectivity index (χ2n) is 4.08. The van der Waals surface area contributed by atoms with Crippen LogP contribution in [0.5, 0.6) is 11.5 Å². The molecule has 0 unspecified atom stereocenters. The SMILES string of the molecule is COc1ccc(CCn2cnnc2CN)cc1OC. The summed E-state index contributed by atoms with van der Waals surface area (Å²) in [5, 5.41) is 7.81. The van der Waals surface area contributed by atoms with E-state index < -0.39 is 0 Å². The molecule has 2 N–H and O–H groups in total. The minimum Gasteiger partial charge on any atom is -0.493 e. The zero-order valence-corrected chi connectivity index (χ0v) is 11.2. The maximum atomic E-state index is 5.59. The van der Waals surface area contributed by atoms with Crippen molar-refractivity contribution in [3.8, 4) is 11.5 Å². The number of aromatic nitrogens is 3. The minimum absolute atomic E-state index is 0.395. The predicted octanol–water partition coefficient (Wildman–Crippen LogP) is 0.997. The van der Waals surface area contributed by atoms with Gasteiger partial charge < -0.3 is 19.8 Å². The van der Waals surface area contributed by atoms with Crippen LogP contribution in [0.4, 0.5) is 0 Å². The lowest BCUT2D eigenvalue weighted by atomic mass is 10.1. The lowest BCUT2D eigenvalue weighted by Crippen LogP contribution is -2.09. The number of rotatable bonds is 6. The van der Waals surface area contributed by atoms with E-state index in [-0.39, 0.29) is 0 Å². The van der Waals surface area contributed by atoms with E-state index in [2.05, 4.69) is 10.2 Å². The first-order valence-corrected chi connectivity index (χ1v) is 6.06. The average Bonchev–Trinajstić information content (AvgIpc) is 2.92. The number of benzene rings is 1. The summed E-state index contributed by atoms with van der Waals surface area (Å²) in [5.74, 6) is 2.27. The van der Waals surface area contributed by atoms with E-state index in [1.165, 1.54) is 0 Å². The molecule has 1 aromatic heterocycles. The van der Waals surface area contributed by atoms with Gasteiger partial charge in [-0.25, -0.2) is 0 Å². The molecule has 1 aromatic carbocycles. The van der Waals surface area contributed by atoms with Gasteiger partial charge in [0.15, 0.2) is 11.5 Å². The summed E-state index contributed by atoms with van der Waals surface area (Å²) in [6.07, 6.45) is 2.55. The number of methoxy groups -OCH3 is 2. The maximum absolute atomic E-state index is 5.59. The van der Waals surface area contributed by atoms with E-state index in [0.717, 1.165) is 35.9 Å². The van der Waals surface area contributed by atoms with Gasteiger partial charge in [0.25, 0.3) is 0 Å². The quantitative estimate of drug-likeness (QED) is 0.840. The van der Waals surface area contributed by atoms with Gasteiger partial charge in [-0.3, -0.25) is 0 Å². The first kappa shape index (κ1) is 13.4. The summed E-state index contributed by atoms with van der Waals surface area (Å²) in [7, 11) is 3.26. The molecule has 0 fully saturated rings. The van der Waals surface area contributed by atoms with Crippen LogP contribution in [0.1, 0.15) is 11.4 Å². The Balaban J connectivity index is 2.07. The predicted molar refractivity (Wildman–Crippen MR) is 71.2 cm³/mol. The molecule has 6 nitrogen and oxygen atoms in total. The first-order chi connectivity index (χ1) is 9.28. The second kappa shape index (κ2) is 6.19. The molecule has 0 atom stereocenters. The lowest BCUT2D eigenvalue weighted by molar-refractivity contribution is 0.354. The highest BCUT2D eigenvalue weighted by atomic mass is 16.5. The molecular weight excluding hydrogens is 244 g/mol. The van der Waals surface area contributed by atoms with Crippen LogP contribution < -0.4 is 15.2 Å². The molecule has 102 valence electrons. The smallest absolute Gasteiger partial charge is 0.160 e. The Morgan fingerprint density at radius 3 is 2.68 bits per heavy atom. The van der Waals surface area contributed by atoms with Gasteiger partial charge in [-0.2, -0.15) is 0 Å². The van der Waals surface area contributed by atoms with Gasteiger partial charge in [-0.15, -0.1) is 10.2 Å². The summed E-state index contributed by atoms with van der Waals surface area (Å²) >= 11 is 0. The topological polar surface area (TPSA) is 75.2 Å². The molecule has 0 saturated carbocycles. The van der Waals surface area contributed by atoms with Crippen LogP contribution in [0.25, 0.3) is 0 Å². The fraction of sp³-hybridized carbons (Fsp3) is 0.385. The van der Waals surface area contributed by atoms with E-state index in [1.54, 1.807) is 20.5 Å². The van der Waals surface area contributed by atoms with Crippen LogP contribution in [0.15, 0.2) is 24.5 Å². The third kappa shape index (κ3) is 3.03. The number of nitrogens with zero attached hydrogens (tertiary/aromatic N) is 3. The zero-order valence-electron chi connectivity index (χ0n) is 11.2. The highest BCUT2D eigenvalue weighted by molar-refractivity contribution is 5.42. The van der Waals surface area contributed by atoms with Crippen LogP contribution in [0.2, 0.25) is 0 Å². The van der Waals surface area contributed by atoms with Crippen LogP contribution in [-0.4, -0.2) is 29.0 Å². The summed E-state index contributed by atoms with van der Waals surface area (Å²) in [6, 6.07) is 5.91. The van der Waals surface area contributed by atoms with Crippen molar-refractivity contribution in [2.24, 2.45) is 5.73 Å². The number of aryl methyl sites for hydroxylation is 2. The Labute approximate surface area is 112 Å². The van der Waals surface area contributed by atoms with Gasteiger partial charge in [0.1, 0.15) is 12.2 Å². The summed E-state index contributed by atoms with van der Waals surface area (Å²) in [5.41, 5.74) is 6.75. The fourth-order valence-electron chi connectivity index (χ4n) is 1.91. The Hall–Kier alpha value is -2.08. The number of nitrogens with two attached hydrogens (primary N) is 1. The largest absolute Gasteiger partial charge is 0.493 e. The number of ether oxygens (including phenoxy) is 2. The van der Waals surface area contributed by atoms with Crippen LogP contribution in [0.3, 0.4) is 0 Å². The summed E-state index contributed by atoms with van der Waals surface area (Å²) in [6.45, 7) is 1.18. The Morgan fingerprint density at radius 2 is 2.00 bits per heavy atom. The highest BCUT2D eigenvalue weighted by Gasteiger charge is 2.06. The van der Waals surface area contributed by atoms with Crippen molar-refractivity contribution < 1.29 is 9.47 Å². The Bertz CT molecular complexity index is 539. The molecule has 6 heteroatoms. The van der Waals surface area contributed by atoms with E-state index >= 15 is 0 Å². The zero-order chi connectivity index (χ0) is 13.7. The molecule has 1 heterocycles. The van der Waals surface area contributed by atoms with Crippen molar-refractivity contribution in [3.05, 3.63) is 35.9 Å². The summed E-state index contributed by atoms with van der Waals surface area (Å²) < 4.78 is 12.4. The standard InChI is InChI=1S/C13H18N4O2/c1-18-11-4-3-10(7-12(11)19-2)5-6-17-9-15-16-13(17)8-14/h3-4,7,9H,5-6,8,14H2,1-2H3.